The largest absolute Gasteiger partial charge is 0.310 e. The molecule has 6 rings (SSSR count). The molecule has 1 aromatic carbocycles. The maximum atomic E-state index is 13.4. The Morgan fingerprint density at radius 2 is 1.97 bits per heavy atom. The number of imidazole rings is 1. The van der Waals surface area contributed by atoms with Gasteiger partial charge < -0.3 is 9.13 Å². The molecule has 160 valence electrons. The first-order valence-corrected chi connectivity index (χ1v) is 10.9. The molecule has 0 bridgehead atoms. The van der Waals surface area contributed by atoms with Crippen LogP contribution in [0.3, 0.4) is 0 Å². The minimum atomic E-state index is -0.0371. The van der Waals surface area contributed by atoms with E-state index in [0.717, 1.165) is 16.8 Å². The van der Waals surface area contributed by atoms with Crippen molar-refractivity contribution in [2.24, 2.45) is 0 Å². The van der Waals surface area contributed by atoms with Crippen LogP contribution in [0.15, 0.2) is 55.2 Å². The zero-order valence-electron chi connectivity index (χ0n) is 18.0. The lowest BCUT2D eigenvalue weighted by molar-refractivity contribution is 0.0996. The Labute approximate surface area is 185 Å². The van der Waals surface area contributed by atoms with Crippen molar-refractivity contribution in [2.45, 2.75) is 45.2 Å². The maximum absolute atomic E-state index is 13.4. The molecular weight excluding hydrogens is 402 g/mol. The van der Waals surface area contributed by atoms with E-state index in [9.17, 15) is 4.79 Å². The summed E-state index contributed by atoms with van der Waals surface area (Å²) < 4.78 is 4.08. The van der Waals surface area contributed by atoms with Crippen molar-refractivity contribution in [3.05, 3.63) is 72.1 Å². The van der Waals surface area contributed by atoms with Gasteiger partial charge in [-0.25, -0.2) is 9.97 Å². The fourth-order valence-electron chi connectivity index (χ4n) is 4.33. The summed E-state index contributed by atoms with van der Waals surface area (Å²) in [5.74, 6) is 1.86. The molecule has 1 aliphatic heterocycles. The van der Waals surface area contributed by atoms with Crippen LogP contribution in [0.2, 0.25) is 0 Å². The third kappa shape index (κ3) is 3.02. The standard InChI is InChI=1S/C24H23N7O/c1-15(2)30-14-26-28-23(30)20-4-3-5-22(27-20)29-12-17-8-9-18(10-19(17)24(29)32)31-13-25-11-21(31)16-6-7-16/h3-5,8-11,13-16H,6-7,12H2,1-2H3. The molecule has 0 saturated heterocycles. The number of carbonyl (C=O) groups is 1. The molecule has 0 atom stereocenters. The molecule has 3 aromatic heterocycles. The van der Waals surface area contributed by atoms with E-state index in [0.29, 0.717) is 29.8 Å². The summed E-state index contributed by atoms with van der Waals surface area (Å²) in [5, 5.41) is 8.28. The van der Waals surface area contributed by atoms with Gasteiger partial charge in [-0.15, -0.1) is 10.2 Å². The molecule has 4 heterocycles. The Hall–Kier alpha value is -3.81. The maximum Gasteiger partial charge on any atom is 0.260 e. The van der Waals surface area contributed by atoms with Gasteiger partial charge in [0.15, 0.2) is 5.82 Å². The molecule has 32 heavy (non-hydrogen) atoms. The van der Waals surface area contributed by atoms with Crippen molar-refractivity contribution < 1.29 is 4.79 Å². The SMILES string of the molecule is CC(C)n1cnnc1-c1cccc(N2Cc3ccc(-n4cncc4C4CC4)cc3C2=O)n1. The summed E-state index contributed by atoms with van der Waals surface area (Å²) in [7, 11) is 0. The summed E-state index contributed by atoms with van der Waals surface area (Å²) in [6.07, 6.45) is 7.89. The third-order valence-electron chi connectivity index (χ3n) is 6.21. The molecule has 1 aliphatic carbocycles. The monoisotopic (exact) mass is 425 g/mol. The number of amides is 1. The van der Waals surface area contributed by atoms with E-state index in [1.165, 1.54) is 18.5 Å². The average Bonchev–Trinajstić information content (AvgIpc) is 3.22. The molecule has 4 aromatic rings. The van der Waals surface area contributed by atoms with Gasteiger partial charge in [0, 0.05) is 35.1 Å². The Morgan fingerprint density at radius 1 is 1.09 bits per heavy atom. The van der Waals surface area contributed by atoms with E-state index in [1.54, 1.807) is 11.2 Å². The van der Waals surface area contributed by atoms with Gasteiger partial charge in [-0.1, -0.05) is 12.1 Å². The first-order chi connectivity index (χ1) is 15.6. The summed E-state index contributed by atoms with van der Waals surface area (Å²) >= 11 is 0. The summed E-state index contributed by atoms with van der Waals surface area (Å²) in [6.45, 7) is 4.65. The molecule has 1 fully saturated rings. The van der Waals surface area contributed by atoms with Crippen LogP contribution in [0.1, 0.15) is 60.3 Å². The number of hydrogen-bond donors (Lipinski definition) is 0. The minimum Gasteiger partial charge on any atom is -0.310 e. The topological polar surface area (TPSA) is 81.7 Å². The van der Waals surface area contributed by atoms with E-state index in [1.807, 2.05) is 47.4 Å². The zero-order valence-corrected chi connectivity index (χ0v) is 18.0. The van der Waals surface area contributed by atoms with Crippen LogP contribution < -0.4 is 4.90 Å². The van der Waals surface area contributed by atoms with E-state index in [2.05, 4.69) is 39.7 Å². The second kappa shape index (κ2) is 7.12. The van der Waals surface area contributed by atoms with Crippen molar-refractivity contribution in [1.82, 2.24) is 29.3 Å². The van der Waals surface area contributed by atoms with Gasteiger partial charge in [-0.3, -0.25) is 9.69 Å². The van der Waals surface area contributed by atoms with Crippen LogP contribution in [0.4, 0.5) is 5.82 Å². The quantitative estimate of drug-likeness (QED) is 0.480. The Morgan fingerprint density at radius 3 is 2.78 bits per heavy atom. The number of aromatic nitrogens is 6. The van der Waals surface area contributed by atoms with Crippen molar-refractivity contribution >= 4 is 11.7 Å². The fourth-order valence-corrected chi connectivity index (χ4v) is 4.33. The number of nitrogens with zero attached hydrogens (tertiary/aromatic N) is 7. The van der Waals surface area contributed by atoms with Crippen LogP contribution in [-0.4, -0.2) is 35.2 Å². The van der Waals surface area contributed by atoms with E-state index < -0.39 is 0 Å². The van der Waals surface area contributed by atoms with Gasteiger partial charge in [0.2, 0.25) is 0 Å². The van der Waals surface area contributed by atoms with Gasteiger partial charge in [0.25, 0.3) is 5.91 Å². The predicted octanol–water partition coefficient (Wildman–Crippen LogP) is 4.14. The van der Waals surface area contributed by atoms with Crippen molar-refractivity contribution in [1.29, 1.82) is 0 Å². The number of carbonyl (C=O) groups excluding carboxylic acids is 1. The molecule has 1 saturated carbocycles. The highest BCUT2D eigenvalue weighted by molar-refractivity contribution is 6.10. The first kappa shape index (κ1) is 18.9. The van der Waals surface area contributed by atoms with E-state index >= 15 is 0 Å². The number of pyridine rings is 1. The second-order valence-electron chi connectivity index (χ2n) is 8.73. The number of rotatable bonds is 5. The number of fused-ring (bicyclic) bond motifs is 1. The lowest BCUT2D eigenvalue weighted by Crippen LogP contribution is -2.24. The minimum absolute atomic E-state index is 0.0371. The molecule has 0 radical (unpaired) electrons. The molecule has 2 aliphatic rings. The Balaban J connectivity index is 1.33. The number of anilines is 1. The molecular formula is C24H23N7O. The van der Waals surface area contributed by atoms with Crippen LogP contribution >= 0.6 is 0 Å². The highest BCUT2D eigenvalue weighted by atomic mass is 16.2. The first-order valence-electron chi connectivity index (χ1n) is 10.9. The van der Waals surface area contributed by atoms with Crippen molar-refractivity contribution in [2.75, 3.05) is 4.90 Å². The highest BCUT2D eigenvalue weighted by Crippen LogP contribution is 2.41. The van der Waals surface area contributed by atoms with Crippen molar-refractivity contribution in [3.8, 4) is 17.2 Å². The van der Waals surface area contributed by atoms with Gasteiger partial charge in [0.1, 0.15) is 17.8 Å². The third-order valence-corrected chi connectivity index (χ3v) is 6.21. The number of hydrogen-bond acceptors (Lipinski definition) is 5. The van der Waals surface area contributed by atoms with Crippen LogP contribution in [0, 0.1) is 0 Å². The van der Waals surface area contributed by atoms with E-state index in [4.69, 9.17) is 4.98 Å². The van der Waals surface area contributed by atoms with Crippen LogP contribution in [0.25, 0.3) is 17.2 Å². The van der Waals surface area contributed by atoms with Crippen molar-refractivity contribution in [3.63, 3.8) is 0 Å². The van der Waals surface area contributed by atoms with E-state index in [-0.39, 0.29) is 11.9 Å². The lowest BCUT2D eigenvalue weighted by Gasteiger charge is -2.16. The van der Waals surface area contributed by atoms with Crippen LogP contribution in [0.5, 0.6) is 0 Å². The average molecular weight is 425 g/mol. The molecule has 1 amide bonds. The highest BCUT2D eigenvalue weighted by Gasteiger charge is 2.31. The Kier molecular flexibility index (Phi) is 4.21. The summed E-state index contributed by atoms with van der Waals surface area (Å²) in [6, 6.07) is 12.0. The molecule has 0 spiro atoms. The lowest BCUT2D eigenvalue weighted by atomic mass is 10.1. The van der Waals surface area contributed by atoms with Gasteiger partial charge in [-0.2, -0.15) is 0 Å². The summed E-state index contributed by atoms with van der Waals surface area (Å²) in [4.78, 5) is 24.2. The fraction of sp³-hybridized carbons (Fsp3) is 0.292. The van der Waals surface area contributed by atoms with Gasteiger partial charge >= 0.3 is 0 Å². The van der Waals surface area contributed by atoms with Crippen LogP contribution in [-0.2, 0) is 6.54 Å². The van der Waals surface area contributed by atoms with Gasteiger partial charge in [-0.05, 0) is 56.5 Å². The molecule has 0 unspecified atom stereocenters. The molecule has 8 heteroatoms. The molecule has 0 N–H and O–H groups in total. The smallest absolute Gasteiger partial charge is 0.260 e. The second-order valence-corrected chi connectivity index (χ2v) is 8.73. The summed E-state index contributed by atoms with van der Waals surface area (Å²) in [5.41, 5.74) is 4.62. The number of benzene rings is 1. The normalized spacial score (nSPS) is 15.6. The van der Waals surface area contributed by atoms with Gasteiger partial charge in [0.05, 0.1) is 12.9 Å². The molecule has 8 nitrogen and oxygen atoms in total. The predicted molar refractivity (Wildman–Crippen MR) is 120 cm³/mol. The zero-order chi connectivity index (χ0) is 21.8. The Bertz CT molecular complexity index is 1330.